The second-order valence-electron chi connectivity index (χ2n) is 8.14. The van der Waals surface area contributed by atoms with E-state index in [1.165, 1.54) is 19.2 Å². The first-order valence-corrected chi connectivity index (χ1v) is 11.3. The number of anilines is 1. The van der Waals surface area contributed by atoms with Crippen molar-refractivity contribution in [3.8, 4) is 11.5 Å². The lowest BCUT2D eigenvalue weighted by Gasteiger charge is -2.38. The van der Waals surface area contributed by atoms with Crippen molar-refractivity contribution in [1.29, 1.82) is 0 Å². The van der Waals surface area contributed by atoms with Gasteiger partial charge in [0.05, 0.1) is 7.11 Å². The summed E-state index contributed by atoms with van der Waals surface area (Å²) in [6.45, 7) is 2.10. The van der Waals surface area contributed by atoms with Gasteiger partial charge in [-0.25, -0.2) is 4.39 Å². The van der Waals surface area contributed by atoms with Crippen LogP contribution < -0.4 is 9.64 Å². The van der Waals surface area contributed by atoms with Crippen LogP contribution in [0.3, 0.4) is 0 Å². The fourth-order valence-electron chi connectivity index (χ4n) is 4.29. The largest absolute Gasteiger partial charge is 0.504 e. The lowest BCUT2D eigenvalue weighted by Crippen LogP contribution is -2.47. The molecule has 4 rings (SSSR count). The van der Waals surface area contributed by atoms with E-state index in [1.54, 1.807) is 47.4 Å². The molecule has 0 spiro atoms. The Bertz CT molecular complexity index is 1110. The zero-order valence-corrected chi connectivity index (χ0v) is 19.1. The van der Waals surface area contributed by atoms with E-state index in [0.29, 0.717) is 28.6 Å². The molecule has 1 heterocycles. The Morgan fingerprint density at radius 1 is 1.12 bits per heavy atom. The molecule has 1 amide bonds. The molecule has 0 bridgehead atoms. The van der Waals surface area contributed by atoms with Crippen LogP contribution in [0, 0.1) is 5.82 Å². The summed E-state index contributed by atoms with van der Waals surface area (Å²) < 4.78 is 18.8. The fourth-order valence-corrected chi connectivity index (χ4v) is 4.48. The van der Waals surface area contributed by atoms with Crippen LogP contribution in [-0.4, -0.2) is 42.2 Å². The average Bonchev–Trinajstić information content (AvgIpc) is 2.83. The van der Waals surface area contributed by atoms with E-state index in [4.69, 9.17) is 16.3 Å². The maximum Gasteiger partial charge on any atom is 0.258 e. The number of hydrogen-bond donors (Lipinski definition) is 1. The smallest absolute Gasteiger partial charge is 0.258 e. The van der Waals surface area contributed by atoms with Crippen LogP contribution in [0.2, 0.25) is 5.02 Å². The van der Waals surface area contributed by atoms with Gasteiger partial charge >= 0.3 is 0 Å². The Balaban J connectivity index is 1.52. The number of rotatable bonds is 6. The molecule has 1 aliphatic rings. The lowest BCUT2D eigenvalue weighted by atomic mass is 10.00. The average molecular weight is 469 g/mol. The molecule has 0 atom stereocenters. The summed E-state index contributed by atoms with van der Waals surface area (Å²) in [6, 6.07) is 18.3. The number of carbonyl (C=O) groups is 1. The van der Waals surface area contributed by atoms with Crippen LogP contribution in [0.5, 0.6) is 11.5 Å². The number of halogens is 2. The summed E-state index contributed by atoms with van der Waals surface area (Å²) in [6.07, 6.45) is 1.49. The molecule has 0 saturated carbocycles. The summed E-state index contributed by atoms with van der Waals surface area (Å²) >= 11 is 6.12. The third-order valence-corrected chi connectivity index (χ3v) is 6.25. The maximum atomic E-state index is 13.6. The van der Waals surface area contributed by atoms with E-state index in [-0.39, 0.29) is 23.5 Å². The minimum Gasteiger partial charge on any atom is -0.504 e. The normalized spacial score (nSPS) is 14.8. The number of methoxy groups -OCH3 is 1. The highest BCUT2D eigenvalue weighted by molar-refractivity contribution is 6.31. The minimum absolute atomic E-state index is 0.0444. The Labute approximate surface area is 198 Å². The summed E-state index contributed by atoms with van der Waals surface area (Å²) in [5, 5.41) is 10.9. The third kappa shape index (κ3) is 5.29. The molecule has 1 aliphatic heterocycles. The van der Waals surface area contributed by atoms with Gasteiger partial charge in [0.15, 0.2) is 11.5 Å². The molecule has 0 unspecified atom stereocenters. The van der Waals surface area contributed by atoms with Crippen LogP contribution in [0.4, 0.5) is 10.1 Å². The van der Waals surface area contributed by atoms with Gasteiger partial charge in [-0.15, -0.1) is 0 Å². The molecule has 172 valence electrons. The van der Waals surface area contributed by atoms with E-state index in [2.05, 4.69) is 4.90 Å². The van der Waals surface area contributed by atoms with Crippen LogP contribution in [0.15, 0.2) is 66.7 Å². The van der Waals surface area contributed by atoms with Gasteiger partial charge in [-0.3, -0.25) is 9.69 Å². The first-order valence-electron chi connectivity index (χ1n) is 10.9. The molecule has 7 heteroatoms. The number of likely N-dealkylation sites (tertiary alicyclic amines) is 1. The number of ether oxygens (including phenoxy) is 1. The van der Waals surface area contributed by atoms with Gasteiger partial charge < -0.3 is 14.7 Å². The van der Waals surface area contributed by atoms with Crippen molar-refractivity contribution in [3.63, 3.8) is 0 Å². The summed E-state index contributed by atoms with van der Waals surface area (Å²) in [5.74, 6) is 0.109. The predicted molar refractivity (Wildman–Crippen MR) is 128 cm³/mol. The van der Waals surface area contributed by atoms with Crippen molar-refractivity contribution in [3.05, 3.63) is 88.7 Å². The Kier molecular flexibility index (Phi) is 7.16. The van der Waals surface area contributed by atoms with Gasteiger partial charge in [-0.2, -0.15) is 0 Å². The van der Waals surface area contributed by atoms with Gasteiger partial charge in [0.1, 0.15) is 5.82 Å². The minimum atomic E-state index is -0.346. The number of para-hydroxylation sites is 1. The van der Waals surface area contributed by atoms with Gasteiger partial charge in [0, 0.05) is 47.5 Å². The highest BCUT2D eigenvalue weighted by Gasteiger charge is 2.30. The van der Waals surface area contributed by atoms with Crippen LogP contribution in [-0.2, 0) is 6.54 Å². The number of amides is 1. The highest BCUT2D eigenvalue weighted by atomic mass is 35.5. The summed E-state index contributed by atoms with van der Waals surface area (Å²) in [5.41, 5.74) is 1.96. The van der Waals surface area contributed by atoms with Gasteiger partial charge in [0.25, 0.3) is 5.91 Å². The van der Waals surface area contributed by atoms with Gasteiger partial charge in [-0.1, -0.05) is 29.8 Å². The molecule has 1 fully saturated rings. The van der Waals surface area contributed by atoms with E-state index in [9.17, 15) is 14.3 Å². The summed E-state index contributed by atoms with van der Waals surface area (Å²) in [7, 11) is 1.53. The molecule has 0 aromatic heterocycles. The number of piperidine rings is 1. The topological polar surface area (TPSA) is 53.0 Å². The number of hydrogen-bond acceptors (Lipinski definition) is 4. The molecule has 3 aromatic rings. The monoisotopic (exact) mass is 468 g/mol. The standard InChI is InChI=1S/C26H26ClFN2O3/c1-33-24-7-3-5-19(25(24)31)17-29-14-12-23(13-15-29)30(22-10-8-21(28)9-11-22)26(32)18-4-2-6-20(27)16-18/h2-11,16,23,31H,12-15,17H2,1H3. The molecular weight excluding hydrogens is 443 g/mol. The Morgan fingerprint density at radius 3 is 2.48 bits per heavy atom. The maximum absolute atomic E-state index is 13.6. The lowest BCUT2D eigenvalue weighted by molar-refractivity contribution is 0.0958. The number of phenolic OH excluding ortho intramolecular Hbond substituents is 1. The number of benzene rings is 3. The highest BCUT2D eigenvalue weighted by Crippen LogP contribution is 2.32. The van der Waals surface area contributed by atoms with Crippen molar-refractivity contribution >= 4 is 23.2 Å². The Morgan fingerprint density at radius 2 is 1.82 bits per heavy atom. The van der Waals surface area contributed by atoms with E-state index < -0.39 is 0 Å². The second kappa shape index (κ2) is 10.2. The zero-order chi connectivity index (χ0) is 23.4. The van der Waals surface area contributed by atoms with E-state index in [1.807, 2.05) is 12.1 Å². The van der Waals surface area contributed by atoms with Crippen LogP contribution in [0.1, 0.15) is 28.8 Å². The predicted octanol–water partition coefficient (Wildman–Crippen LogP) is 5.50. The molecule has 1 N–H and O–H groups in total. The fraction of sp³-hybridized carbons (Fsp3) is 0.269. The first-order chi connectivity index (χ1) is 16.0. The molecule has 3 aromatic carbocycles. The number of nitrogens with zero attached hydrogens (tertiary/aromatic N) is 2. The van der Waals surface area contributed by atoms with Gasteiger partial charge in [-0.05, 0) is 61.4 Å². The first kappa shape index (κ1) is 23.1. The van der Waals surface area contributed by atoms with E-state index in [0.717, 1.165) is 31.5 Å². The second-order valence-corrected chi connectivity index (χ2v) is 8.57. The quantitative estimate of drug-likeness (QED) is 0.518. The van der Waals surface area contributed by atoms with Crippen molar-refractivity contribution in [2.24, 2.45) is 0 Å². The molecule has 0 radical (unpaired) electrons. The zero-order valence-electron chi connectivity index (χ0n) is 18.4. The molecular formula is C26H26ClFN2O3. The van der Waals surface area contributed by atoms with Crippen molar-refractivity contribution in [1.82, 2.24) is 4.90 Å². The molecule has 33 heavy (non-hydrogen) atoms. The SMILES string of the molecule is COc1cccc(CN2CCC(N(C(=O)c3cccc(Cl)c3)c3ccc(F)cc3)CC2)c1O. The molecule has 0 aliphatic carbocycles. The van der Waals surface area contributed by atoms with E-state index >= 15 is 0 Å². The summed E-state index contributed by atoms with van der Waals surface area (Å²) in [4.78, 5) is 17.5. The number of aromatic hydroxyl groups is 1. The number of phenols is 1. The third-order valence-electron chi connectivity index (χ3n) is 6.01. The Hall–Kier alpha value is -3.09. The molecule has 5 nitrogen and oxygen atoms in total. The van der Waals surface area contributed by atoms with Crippen molar-refractivity contribution < 1.29 is 19.0 Å². The molecule has 1 saturated heterocycles. The number of carbonyl (C=O) groups excluding carboxylic acids is 1. The van der Waals surface area contributed by atoms with Crippen LogP contribution >= 0.6 is 11.6 Å². The van der Waals surface area contributed by atoms with Crippen LogP contribution in [0.25, 0.3) is 0 Å². The van der Waals surface area contributed by atoms with Gasteiger partial charge in [0.2, 0.25) is 0 Å². The van der Waals surface area contributed by atoms with Crippen molar-refractivity contribution in [2.45, 2.75) is 25.4 Å². The van der Waals surface area contributed by atoms with Crippen molar-refractivity contribution in [2.75, 3.05) is 25.1 Å².